The summed E-state index contributed by atoms with van der Waals surface area (Å²) in [7, 11) is 0. The Morgan fingerprint density at radius 3 is 2.90 bits per heavy atom. The van der Waals surface area contributed by atoms with Crippen LogP contribution in [0.5, 0.6) is 0 Å². The normalized spacial score (nSPS) is 13.6. The van der Waals surface area contributed by atoms with Crippen LogP contribution in [-0.4, -0.2) is 27.3 Å². The van der Waals surface area contributed by atoms with E-state index < -0.39 is 0 Å². The fraction of sp³-hybridized carbons (Fsp3) is 0.217. The molecule has 30 heavy (non-hydrogen) atoms. The van der Waals surface area contributed by atoms with Crippen molar-refractivity contribution < 1.29 is 9.21 Å². The van der Waals surface area contributed by atoms with E-state index >= 15 is 0 Å². The number of aryl methyl sites for hydroxylation is 1. The van der Waals surface area contributed by atoms with Gasteiger partial charge in [-0.3, -0.25) is 4.79 Å². The lowest BCUT2D eigenvalue weighted by atomic mass is 10.0. The number of amides is 1. The number of halogens is 2. The Morgan fingerprint density at radius 1 is 1.23 bits per heavy atom. The van der Waals surface area contributed by atoms with Crippen LogP contribution in [0, 0.1) is 0 Å². The van der Waals surface area contributed by atoms with Gasteiger partial charge in [-0.2, -0.15) is 0 Å². The number of aromatic nitrogens is 2. The van der Waals surface area contributed by atoms with Crippen molar-refractivity contribution in [2.45, 2.75) is 25.8 Å². The Morgan fingerprint density at radius 2 is 2.07 bits per heavy atom. The first-order valence-electron chi connectivity index (χ1n) is 9.85. The number of carbonyl (C=O) groups is 1. The zero-order chi connectivity index (χ0) is 20.7. The topological polar surface area (TPSA) is 62.1 Å². The molecule has 0 unspecified atom stereocenters. The van der Waals surface area contributed by atoms with Gasteiger partial charge >= 0.3 is 0 Å². The zero-order valence-corrected chi connectivity index (χ0v) is 18.5. The molecule has 152 valence electrons. The number of carbonyl (C=O) groups excluding carboxylic acids is 1. The highest BCUT2D eigenvalue weighted by Gasteiger charge is 2.24. The maximum atomic E-state index is 12.8. The number of oxazole rings is 1. The monoisotopic (exact) mass is 483 g/mol. The quantitative estimate of drug-likeness (QED) is 0.401. The Hall–Kier alpha value is -2.57. The molecule has 0 bridgehead atoms. The molecule has 0 aliphatic carbocycles. The lowest BCUT2D eigenvalue weighted by Gasteiger charge is -2.27. The fourth-order valence-corrected chi connectivity index (χ4v) is 4.55. The number of fused-ring (bicyclic) bond motifs is 3. The van der Waals surface area contributed by atoms with Crippen LogP contribution in [0.25, 0.3) is 22.2 Å². The number of H-pyrrole nitrogens is 1. The van der Waals surface area contributed by atoms with Gasteiger partial charge in [0, 0.05) is 64.1 Å². The molecule has 0 spiro atoms. The summed E-state index contributed by atoms with van der Waals surface area (Å²) in [5.74, 6) is 1.37. The number of hydrogen-bond acceptors (Lipinski definition) is 3. The molecule has 7 heteroatoms. The third-order valence-electron chi connectivity index (χ3n) is 5.55. The number of benzene rings is 2. The van der Waals surface area contributed by atoms with Crippen LogP contribution < -0.4 is 0 Å². The summed E-state index contributed by atoms with van der Waals surface area (Å²) in [6.45, 7) is 1.35. The lowest BCUT2D eigenvalue weighted by molar-refractivity contribution is -0.132. The average molecular weight is 485 g/mol. The van der Waals surface area contributed by atoms with Crippen molar-refractivity contribution in [2.24, 2.45) is 0 Å². The van der Waals surface area contributed by atoms with Crippen molar-refractivity contribution in [1.82, 2.24) is 14.9 Å². The fourth-order valence-electron chi connectivity index (χ4n) is 3.96. The molecule has 4 aromatic rings. The van der Waals surface area contributed by atoms with Crippen molar-refractivity contribution in [3.8, 4) is 11.3 Å². The smallest absolute Gasteiger partial charge is 0.223 e. The number of para-hydroxylation sites is 1. The maximum Gasteiger partial charge on any atom is 0.223 e. The van der Waals surface area contributed by atoms with Gasteiger partial charge in [-0.15, -0.1) is 0 Å². The standard InChI is InChI=1S/C23H19BrClN3O2/c24-18-3-1-2-16-17-13-28(11-10-19(17)27-23(16)18)22(29)9-8-21-26-12-20(30-21)14-4-6-15(25)7-5-14/h1-7,12,27H,8-11,13H2. The van der Waals surface area contributed by atoms with Crippen LogP contribution >= 0.6 is 27.5 Å². The summed E-state index contributed by atoms with van der Waals surface area (Å²) in [6, 6.07) is 13.6. The van der Waals surface area contributed by atoms with Crippen LogP contribution in [0.4, 0.5) is 0 Å². The first-order valence-corrected chi connectivity index (χ1v) is 11.0. The van der Waals surface area contributed by atoms with E-state index in [9.17, 15) is 4.79 Å². The molecule has 2 aromatic carbocycles. The third-order valence-corrected chi connectivity index (χ3v) is 6.46. The second kappa shape index (κ2) is 7.93. The maximum absolute atomic E-state index is 12.8. The summed E-state index contributed by atoms with van der Waals surface area (Å²) in [5.41, 5.74) is 4.46. The van der Waals surface area contributed by atoms with Crippen LogP contribution in [-0.2, 0) is 24.2 Å². The van der Waals surface area contributed by atoms with Crippen LogP contribution in [0.3, 0.4) is 0 Å². The second-order valence-corrected chi connectivity index (χ2v) is 8.73. The first kappa shape index (κ1) is 19.4. The summed E-state index contributed by atoms with van der Waals surface area (Å²) in [4.78, 5) is 22.6. The van der Waals surface area contributed by atoms with Crippen LogP contribution in [0.2, 0.25) is 5.02 Å². The van der Waals surface area contributed by atoms with E-state index in [2.05, 4.69) is 32.0 Å². The highest BCUT2D eigenvalue weighted by atomic mass is 79.9. The highest BCUT2D eigenvalue weighted by molar-refractivity contribution is 9.10. The zero-order valence-electron chi connectivity index (χ0n) is 16.1. The van der Waals surface area contributed by atoms with Crippen molar-refractivity contribution in [3.05, 3.63) is 75.3 Å². The number of nitrogens with zero attached hydrogens (tertiary/aromatic N) is 2. The largest absolute Gasteiger partial charge is 0.441 e. The van der Waals surface area contributed by atoms with Gasteiger partial charge in [0.15, 0.2) is 11.7 Å². The molecular formula is C23H19BrClN3O2. The molecule has 2 aromatic heterocycles. The van der Waals surface area contributed by atoms with E-state index in [1.807, 2.05) is 41.3 Å². The number of aromatic amines is 1. The Bertz CT molecular complexity index is 1230. The SMILES string of the molecule is O=C(CCc1ncc(-c2ccc(Cl)cc2)o1)N1CCc2[nH]c3c(Br)cccc3c2C1. The highest BCUT2D eigenvalue weighted by Crippen LogP contribution is 2.32. The van der Waals surface area contributed by atoms with Gasteiger partial charge in [-0.25, -0.2) is 4.98 Å². The molecule has 0 radical (unpaired) electrons. The Kier molecular flexibility index (Phi) is 5.13. The van der Waals surface area contributed by atoms with E-state index in [1.54, 1.807) is 6.20 Å². The minimum atomic E-state index is 0.122. The van der Waals surface area contributed by atoms with Gasteiger partial charge in [0.1, 0.15) is 0 Å². The molecule has 1 N–H and O–H groups in total. The summed E-state index contributed by atoms with van der Waals surface area (Å²) in [5, 5.41) is 1.86. The molecule has 1 amide bonds. The number of hydrogen-bond donors (Lipinski definition) is 1. The van der Waals surface area contributed by atoms with Gasteiger partial charge < -0.3 is 14.3 Å². The molecule has 0 atom stereocenters. The van der Waals surface area contributed by atoms with E-state index in [4.69, 9.17) is 16.0 Å². The lowest BCUT2D eigenvalue weighted by Crippen LogP contribution is -2.35. The Balaban J connectivity index is 1.25. The molecule has 0 saturated heterocycles. The number of nitrogens with one attached hydrogen (secondary N) is 1. The molecular weight excluding hydrogens is 466 g/mol. The van der Waals surface area contributed by atoms with E-state index in [0.29, 0.717) is 36.1 Å². The molecule has 0 saturated carbocycles. The molecule has 5 rings (SSSR count). The first-order chi connectivity index (χ1) is 14.6. The summed E-state index contributed by atoms with van der Waals surface area (Å²) >= 11 is 9.54. The van der Waals surface area contributed by atoms with Gasteiger partial charge in [0.05, 0.1) is 11.7 Å². The van der Waals surface area contributed by atoms with Gasteiger partial charge in [0.2, 0.25) is 5.91 Å². The molecule has 1 aliphatic heterocycles. The Labute approximate surface area is 187 Å². The van der Waals surface area contributed by atoms with Crippen LogP contribution in [0.15, 0.2) is 57.6 Å². The van der Waals surface area contributed by atoms with E-state index in [1.165, 1.54) is 16.6 Å². The predicted molar refractivity (Wildman–Crippen MR) is 120 cm³/mol. The third kappa shape index (κ3) is 3.66. The van der Waals surface area contributed by atoms with Gasteiger partial charge in [-0.1, -0.05) is 23.7 Å². The minimum Gasteiger partial charge on any atom is -0.441 e. The number of rotatable bonds is 4. The second-order valence-electron chi connectivity index (χ2n) is 7.43. The van der Waals surface area contributed by atoms with E-state index in [-0.39, 0.29) is 5.91 Å². The molecule has 5 nitrogen and oxygen atoms in total. The van der Waals surface area contributed by atoms with Crippen molar-refractivity contribution >= 4 is 44.3 Å². The van der Waals surface area contributed by atoms with E-state index in [0.717, 1.165) is 28.5 Å². The van der Waals surface area contributed by atoms with Crippen molar-refractivity contribution in [2.75, 3.05) is 6.54 Å². The van der Waals surface area contributed by atoms with Gasteiger partial charge in [0.25, 0.3) is 0 Å². The summed E-state index contributed by atoms with van der Waals surface area (Å²) < 4.78 is 6.88. The average Bonchev–Trinajstić information content (AvgIpc) is 3.38. The minimum absolute atomic E-state index is 0.122. The van der Waals surface area contributed by atoms with Crippen LogP contribution in [0.1, 0.15) is 23.6 Å². The van der Waals surface area contributed by atoms with Crippen molar-refractivity contribution in [3.63, 3.8) is 0 Å². The van der Waals surface area contributed by atoms with Crippen molar-refractivity contribution in [1.29, 1.82) is 0 Å². The molecule has 1 aliphatic rings. The molecule has 0 fully saturated rings. The van der Waals surface area contributed by atoms with Gasteiger partial charge in [-0.05, 0) is 46.3 Å². The summed E-state index contributed by atoms with van der Waals surface area (Å²) in [6.07, 6.45) is 3.39. The predicted octanol–water partition coefficient (Wildman–Crippen LogP) is 5.76. The molecule has 3 heterocycles.